The van der Waals surface area contributed by atoms with Gasteiger partial charge in [-0.1, -0.05) is 11.6 Å². The maximum Gasteiger partial charge on any atom is 0.199 e. The van der Waals surface area contributed by atoms with E-state index in [1.807, 2.05) is 0 Å². The molecule has 0 heterocycles. The summed E-state index contributed by atoms with van der Waals surface area (Å²) in [7, 11) is 3.03. The highest BCUT2D eigenvalue weighted by molar-refractivity contribution is 9.10. The number of ketones is 1. The van der Waals surface area contributed by atoms with E-state index in [1.54, 1.807) is 37.4 Å². The molecule has 0 spiro atoms. The fourth-order valence-electron chi connectivity index (χ4n) is 1.93. The van der Waals surface area contributed by atoms with E-state index in [9.17, 15) is 4.79 Å². The van der Waals surface area contributed by atoms with Crippen molar-refractivity contribution in [3.05, 3.63) is 51.0 Å². The minimum atomic E-state index is -0.254. The van der Waals surface area contributed by atoms with Gasteiger partial charge < -0.3 is 15.2 Å². The molecule has 0 unspecified atom stereocenters. The van der Waals surface area contributed by atoms with Crippen molar-refractivity contribution < 1.29 is 14.3 Å². The molecular formula is C15H13BrClNO3. The largest absolute Gasteiger partial charge is 0.497 e. The Labute approximate surface area is 135 Å². The van der Waals surface area contributed by atoms with Crippen molar-refractivity contribution in [2.24, 2.45) is 0 Å². The molecule has 2 aromatic rings. The first-order valence-electron chi connectivity index (χ1n) is 5.99. The molecular weight excluding hydrogens is 358 g/mol. The second-order valence-corrected chi connectivity index (χ2v) is 5.54. The van der Waals surface area contributed by atoms with Crippen LogP contribution in [0, 0.1) is 0 Å². The van der Waals surface area contributed by atoms with E-state index in [0.29, 0.717) is 37.8 Å². The lowest BCUT2D eigenvalue weighted by Crippen LogP contribution is -2.08. The first-order valence-corrected chi connectivity index (χ1v) is 7.16. The molecule has 0 aliphatic heterocycles. The summed E-state index contributed by atoms with van der Waals surface area (Å²) < 4.78 is 11.0. The number of anilines is 1. The standard InChI is InChI=1S/C15H13BrClNO3/c1-20-9-6-11(16)14(13(7-9)21-2)15(19)10-4-3-8(17)5-12(10)18/h3-7H,18H2,1-2H3. The molecule has 0 saturated heterocycles. The summed E-state index contributed by atoms with van der Waals surface area (Å²) >= 11 is 9.22. The molecule has 0 aliphatic rings. The van der Waals surface area contributed by atoms with Crippen LogP contribution < -0.4 is 15.2 Å². The molecule has 0 saturated carbocycles. The van der Waals surface area contributed by atoms with E-state index in [0.717, 1.165) is 0 Å². The maximum atomic E-state index is 12.7. The van der Waals surface area contributed by atoms with E-state index in [-0.39, 0.29) is 5.78 Å². The Morgan fingerprint density at radius 3 is 2.48 bits per heavy atom. The zero-order valence-electron chi connectivity index (χ0n) is 11.4. The van der Waals surface area contributed by atoms with Crippen molar-refractivity contribution in [1.29, 1.82) is 0 Å². The Balaban J connectivity index is 2.57. The first kappa shape index (κ1) is 15.7. The average Bonchev–Trinajstić information content (AvgIpc) is 2.45. The van der Waals surface area contributed by atoms with Crippen molar-refractivity contribution in [2.75, 3.05) is 20.0 Å². The van der Waals surface area contributed by atoms with Crippen LogP contribution >= 0.6 is 27.5 Å². The number of carbonyl (C=O) groups excluding carboxylic acids is 1. The average molecular weight is 371 g/mol. The molecule has 0 aliphatic carbocycles. The van der Waals surface area contributed by atoms with Gasteiger partial charge in [0.05, 0.1) is 19.8 Å². The zero-order chi connectivity index (χ0) is 15.6. The summed E-state index contributed by atoms with van der Waals surface area (Å²) in [5, 5.41) is 0.477. The number of nitrogen functional groups attached to an aromatic ring is 1. The van der Waals surface area contributed by atoms with Gasteiger partial charge in [-0.15, -0.1) is 0 Å². The van der Waals surface area contributed by atoms with Gasteiger partial charge >= 0.3 is 0 Å². The fraction of sp³-hybridized carbons (Fsp3) is 0.133. The molecule has 2 rings (SSSR count). The van der Waals surface area contributed by atoms with Crippen LogP contribution in [0.1, 0.15) is 15.9 Å². The molecule has 110 valence electrons. The Bertz CT molecular complexity index is 704. The number of carbonyl (C=O) groups is 1. The molecule has 21 heavy (non-hydrogen) atoms. The quantitative estimate of drug-likeness (QED) is 0.654. The Hall–Kier alpha value is -1.72. The van der Waals surface area contributed by atoms with E-state index < -0.39 is 0 Å². The normalized spacial score (nSPS) is 10.3. The van der Waals surface area contributed by atoms with Gasteiger partial charge in [0.25, 0.3) is 0 Å². The number of halogens is 2. The molecule has 0 bridgehead atoms. The van der Waals surface area contributed by atoms with Crippen LogP contribution in [0.2, 0.25) is 5.02 Å². The number of nitrogens with two attached hydrogens (primary N) is 1. The van der Waals surface area contributed by atoms with Gasteiger partial charge in [0, 0.05) is 26.8 Å². The van der Waals surface area contributed by atoms with Crippen molar-refractivity contribution >= 4 is 39.0 Å². The second-order valence-electron chi connectivity index (χ2n) is 4.25. The van der Waals surface area contributed by atoms with Gasteiger partial charge in [0.1, 0.15) is 11.5 Å². The van der Waals surface area contributed by atoms with Gasteiger partial charge in [-0.25, -0.2) is 0 Å². The van der Waals surface area contributed by atoms with Crippen LogP contribution in [0.25, 0.3) is 0 Å². The highest BCUT2D eigenvalue weighted by Crippen LogP contribution is 2.35. The number of ether oxygens (including phenoxy) is 2. The van der Waals surface area contributed by atoms with Crippen LogP contribution in [0.3, 0.4) is 0 Å². The van der Waals surface area contributed by atoms with E-state index in [2.05, 4.69) is 15.9 Å². The van der Waals surface area contributed by atoms with Crippen LogP contribution in [0.5, 0.6) is 11.5 Å². The highest BCUT2D eigenvalue weighted by Gasteiger charge is 2.21. The van der Waals surface area contributed by atoms with E-state index >= 15 is 0 Å². The minimum Gasteiger partial charge on any atom is -0.497 e. The van der Waals surface area contributed by atoms with Gasteiger partial charge in [0.15, 0.2) is 5.78 Å². The third kappa shape index (κ3) is 3.14. The summed E-state index contributed by atoms with van der Waals surface area (Å²) in [5.74, 6) is 0.732. The molecule has 0 radical (unpaired) electrons. The van der Waals surface area contributed by atoms with Crippen LogP contribution in [-0.2, 0) is 0 Å². The molecule has 6 heteroatoms. The number of hydrogen-bond acceptors (Lipinski definition) is 4. The lowest BCUT2D eigenvalue weighted by Gasteiger charge is -2.13. The van der Waals surface area contributed by atoms with Crippen LogP contribution in [-0.4, -0.2) is 20.0 Å². The van der Waals surface area contributed by atoms with Gasteiger partial charge in [-0.2, -0.15) is 0 Å². The van der Waals surface area contributed by atoms with Crippen molar-refractivity contribution in [1.82, 2.24) is 0 Å². The second kappa shape index (κ2) is 6.37. The Kier molecular flexibility index (Phi) is 4.75. The summed E-state index contributed by atoms with van der Waals surface area (Å²) in [6.07, 6.45) is 0. The highest BCUT2D eigenvalue weighted by atomic mass is 79.9. The number of hydrogen-bond donors (Lipinski definition) is 1. The van der Waals surface area contributed by atoms with Crippen molar-refractivity contribution in [2.45, 2.75) is 0 Å². The van der Waals surface area contributed by atoms with Crippen molar-refractivity contribution in [3.63, 3.8) is 0 Å². The monoisotopic (exact) mass is 369 g/mol. The fourth-order valence-corrected chi connectivity index (χ4v) is 2.71. The summed E-state index contributed by atoms with van der Waals surface area (Å²) in [4.78, 5) is 12.7. The summed E-state index contributed by atoms with van der Waals surface area (Å²) in [5.41, 5.74) is 6.93. The lowest BCUT2D eigenvalue weighted by atomic mass is 10.0. The molecule has 2 N–H and O–H groups in total. The number of rotatable bonds is 4. The molecule has 4 nitrogen and oxygen atoms in total. The molecule has 0 atom stereocenters. The molecule has 0 aromatic heterocycles. The molecule has 0 fully saturated rings. The van der Waals surface area contributed by atoms with Gasteiger partial charge in [-0.05, 0) is 40.2 Å². The predicted molar refractivity (Wildman–Crippen MR) is 86.5 cm³/mol. The Morgan fingerprint density at radius 2 is 1.90 bits per heavy atom. The van der Waals surface area contributed by atoms with E-state index in [4.69, 9.17) is 26.8 Å². The van der Waals surface area contributed by atoms with Crippen LogP contribution in [0.15, 0.2) is 34.8 Å². The van der Waals surface area contributed by atoms with Crippen molar-refractivity contribution in [3.8, 4) is 11.5 Å². The molecule has 0 amide bonds. The number of benzene rings is 2. The minimum absolute atomic E-state index is 0.254. The lowest BCUT2D eigenvalue weighted by molar-refractivity contribution is 0.103. The Morgan fingerprint density at radius 1 is 1.19 bits per heavy atom. The topological polar surface area (TPSA) is 61.5 Å². The smallest absolute Gasteiger partial charge is 0.199 e. The van der Waals surface area contributed by atoms with Crippen LogP contribution in [0.4, 0.5) is 5.69 Å². The first-order chi connectivity index (χ1) is 9.97. The predicted octanol–water partition coefficient (Wildman–Crippen LogP) is 3.93. The zero-order valence-corrected chi connectivity index (χ0v) is 13.8. The SMILES string of the molecule is COc1cc(Br)c(C(=O)c2ccc(Cl)cc2N)c(OC)c1. The molecule has 2 aromatic carbocycles. The maximum absolute atomic E-state index is 12.7. The van der Waals surface area contributed by atoms with E-state index in [1.165, 1.54) is 7.11 Å². The van der Waals surface area contributed by atoms with Gasteiger partial charge in [0.2, 0.25) is 0 Å². The van der Waals surface area contributed by atoms with Gasteiger partial charge in [-0.3, -0.25) is 4.79 Å². The summed E-state index contributed by atoms with van der Waals surface area (Å²) in [6.45, 7) is 0. The summed E-state index contributed by atoms with van der Waals surface area (Å²) in [6, 6.07) is 8.09. The number of methoxy groups -OCH3 is 2. The third-order valence-corrected chi connectivity index (χ3v) is 3.83. The third-order valence-electron chi connectivity index (χ3n) is 2.97.